The van der Waals surface area contributed by atoms with E-state index in [1.54, 1.807) is 12.0 Å². The first-order valence-corrected chi connectivity index (χ1v) is 5.03. The van der Waals surface area contributed by atoms with E-state index < -0.39 is 0 Å². The maximum atomic E-state index is 11.7. The maximum Gasteiger partial charge on any atom is 0.224 e. The molecule has 1 atom stereocenters. The van der Waals surface area contributed by atoms with Gasteiger partial charge in [0, 0.05) is 32.2 Å². The molecular weight excluding hydrogens is 180 g/mol. The molecule has 0 saturated carbocycles. The van der Waals surface area contributed by atoms with Crippen molar-refractivity contribution in [2.45, 2.75) is 39.3 Å². The highest BCUT2D eigenvalue weighted by molar-refractivity contribution is 5.77. The van der Waals surface area contributed by atoms with E-state index in [1.165, 1.54) is 0 Å². The quantitative estimate of drug-likeness (QED) is 0.686. The van der Waals surface area contributed by atoms with Crippen molar-refractivity contribution in [2.24, 2.45) is 5.73 Å². The topological polar surface area (TPSA) is 55.6 Å². The van der Waals surface area contributed by atoms with E-state index in [9.17, 15) is 4.79 Å². The third-order valence-corrected chi connectivity index (χ3v) is 1.98. The van der Waals surface area contributed by atoms with Crippen molar-refractivity contribution < 1.29 is 9.53 Å². The Bertz CT molecular complexity index is 170. The summed E-state index contributed by atoms with van der Waals surface area (Å²) < 4.78 is 4.95. The van der Waals surface area contributed by atoms with Crippen LogP contribution in [0.4, 0.5) is 0 Å². The number of nitrogens with two attached hydrogens (primary N) is 1. The van der Waals surface area contributed by atoms with Crippen LogP contribution in [0.15, 0.2) is 0 Å². The molecule has 0 heterocycles. The Kier molecular flexibility index (Phi) is 6.49. The Morgan fingerprint density at radius 3 is 2.36 bits per heavy atom. The summed E-state index contributed by atoms with van der Waals surface area (Å²) in [7, 11) is 1.63. The molecule has 0 aliphatic rings. The lowest BCUT2D eigenvalue weighted by molar-refractivity contribution is -0.133. The fourth-order valence-corrected chi connectivity index (χ4v) is 1.25. The van der Waals surface area contributed by atoms with Crippen LogP contribution in [0.1, 0.15) is 27.2 Å². The molecule has 0 aromatic rings. The molecule has 0 aliphatic heterocycles. The van der Waals surface area contributed by atoms with Crippen LogP contribution in [-0.4, -0.2) is 43.2 Å². The zero-order valence-electron chi connectivity index (χ0n) is 9.62. The Balaban J connectivity index is 4.11. The number of ether oxygens (including phenoxy) is 1. The van der Waals surface area contributed by atoms with Crippen molar-refractivity contribution in [3.05, 3.63) is 0 Å². The SMILES string of the molecule is COCCN(C(=O)CC(C)N)C(C)C. The highest BCUT2D eigenvalue weighted by Crippen LogP contribution is 2.02. The second-order valence-corrected chi connectivity index (χ2v) is 3.86. The molecule has 0 aliphatic carbocycles. The fraction of sp³-hybridized carbons (Fsp3) is 0.900. The Morgan fingerprint density at radius 2 is 2.00 bits per heavy atom. The number of methoxy groups -OCH3 is 1. The normalized spacial score (nSPS) is 13.0. The number of rotatable bonds is 6. The Hall–Kier alpha value is -0.610. The largest absolute Gasteiger partial charge is 0.383 e. The average Bonchev–Trinajstić information content (AvgIpc) is 2.02. The van der Waals surface area contributed by atoms with Crippen LogP contribution < -0.4 is 5.73 Å². The van der Waals surface area contributed by atoms with Gasteiger partial charge in [-0.1, -0.05) is 0 Å². The number of hydrogen-bond acceptors (Lipinski definition) is 3. The molecule has 0 bridgehead atoms. The van der Waals surface area contributed by atoms with Crippen LogP contribution in [0.3, 0.4) is 0 Å². The molecule has 14 heavy (non-hydrogen) atoms. The van der Waals surface area contributed by atoms with Crippen LogP contribution in [0, 0.1) is 0 Å². The minimum atomic E-state index is -0.0775. The summed E-state index contributed by atoms with van der Waals surface area (Å²) in [5.74, 6) is 0.104. The summed E-state index contributed by atoms with van der Waals surface area (Å²) >= 11 is 0. The molecule has 1 amide bonds. The van der Waals surface area contributed by atoms with Gasteiger partial charge < -0.3 is 15.4 Å². The van der Waals surface area contributed by atoms with Crippen LogP contribution >= 0.6 is 0 Å². The van der Waals surface area contributed by atoms with Gasteiger partial charge in [0.2, 0.25) is 5.91 Å². The fourth-order valence-electron chi connectivity index (χ4n) is 1.25. The number of carbonyl (C=O) groups excluding carboxylic acids is 1. The van der Waals surface area contributed by atoms with Crippen molar-refractivity contribution in [2.75, 3.05) is 20.3 Å². The van der Waals surface area contributed by atoms with E-state index in [4.69, 9.17) is 10.5 Å². The molecule has 4 nitrogen and oxygen atoms in total. The summed E-state index contributed by atoms with van der Waals surface area (Å²) in [4.78, 5) is 13.5. The predicted molar refractivity (Wildman–Crippen MR) is 57.0 cm³/mol. The molecule has 84 valence electrons. The lowest BCUT2D eigenvalue weighted by Gasteiger charge is -2.27. The second kappa shape index (κ2) is 6.79. The molecule has 0 radical (unpaired) electrons. The van der Waals surface area contributed by atoms with Crippen molar-refractivity contribution in [3.63, 3.8) is 0 Å². The lowest BCUT2D eigenvalue weighted by atomic mass is 10.2. The summed E-state index contributed by atoms with van der Waals surface area (Å²) in [6.45, 7) is 7.04. The first-order chi connectivity index (χ1) is 6.49. The monoisotopic (exact) mass is 202 g/mol. The molecule has 0 fully saturated rings. The van der Waals surface area contributed by atoms with E-state index in [2.05, 4.69) is 0 Å². The highest BCUT2D eigenvalue weighted by atomic mass is 16.5. The van der Waals surface area contributed by atoms with Crippen LogP contribution in [0.2, 0.25) is 0 Å². The maximum absolute atomic E-state index is 11.7. The first-order valence-electron chi connectivity index (χ1n) is 5.03. The molecule has 4 heteroatoms. The van der Waals surface area contributed by atoms with Crippen molar-refractivity contribution in [3.8, 4) is 0 Å². The standard InChI is InChI=1S/C10H22N2O2/c1-8(2)12(5-6-14-4)10(13)7-9(3)11/h8-9H,5-7,11H2,1-4H3. The third-order valence-electron chi connectivity index (χ3n) is 1.98. The van der Waals surface area contributed by atoms with Gasteiger partial charge in [-0.3, -0.25) is 4.79 Å². The smallest absolute Gasteiger partial charge is 0.224 e. The summed E-state index contributed by atoms with van der Waals surface area (Å²) in [6, 6.07) is 0.127. The van der Waals surface area contributed by atoms with Crippen molar-refractivity contribution >= 4 is 5.91 Å². The van der Waals surface area contributed by atoms with Gasteiger partial charge in [0.25, 0.3) is 0 Å². The Labute approximate surface area is 86.4 Å². The third kappa shape index (κ3) is 5.19. The molecule has 0 aromatic carbocycles. The Morgan fingerprint density at radius 1 is 1.43 bits per heavy atom. The summed E-state index contributed by atoms with van der Waals surface area (Å²) in [6.07, 6.45) is 0.405. The number of nitrogens with zero attached hydrogens (tertiary/aromatic N) is 1. The van der Waals surface area contributed by atoms with E-state index >= 15 is 0 Å². The van der Waals surface area contributed by atoms with Gasteiger partial charge in [-0.05, 0) is 20.8 Å². The van der Waals surface area contributed by atoms with E-state index in [0.29, 0.717) is 19.6 Å². The van der Waals surface area contributed by atoms with Gasteiger partial charge in [-0.15, -0.1) is 0 Å². The van der Waals surface area contributed by atoms with Gasteiger partial charge in [-0.2, -0.15) is 0 Å². The lowest BCUT2D eigenvalue weighted by Crippen LogP contribution is -2.41. The van der Waals surface area contributed by atoms with E-state index in [-0.39, 0.29) is 18.0 Å². The molecule has 1 unspecified atom stereocenters. The second-order valence-electron chi connectivity index (χ2n) is 3.86. The first kappa shape index (κ1) is 13.4. The summed E-state index contributed by atoms with van der Waals surface area (Å²) in [5, 5.41) is 0. The van der Waals surface area contributed by atoms with Gasteiger partial charge in [0.1, 0.15) is 0 Å². The molecular formula is C10H22N2O2. The molecule has 0 rings (SSSR count). The number of hydrogen-bond donors (Lipinski definition) is 1. The van der Waals surface area contributed by atoms with Crippen LogP contribution in [0.5, 0.6) is 0 Å². The minimum Gasteiger partial charge on any atom is -0.383 e. The van der Waals surface area contributed by atoms with Gasteiger partial charge in [0.05, 0.1) is 6.61 Å². The summed E-state index contributed by atoms with van der Waals surface area (Å²) in [5.41, 5.74) is 5.58. The highest BCUT2D eigenvalue weighted by Gasteiger charge is 2.17. The van der Waals surface area contributed by atoms with Crippen molar-refractivity contribution in [1.29, 1.82) is 0 Å². The van der Waals surface area contributed by atoms with Crippen molar-refractivity contribution in [1.82, 2.24) is 4.90 Å². The zero-order chi connectivity index (χ0) is 11.1. The predicted octanol–water partition coefficient (Wildman–Crippen LogP) is 0.607. The number of amides is 1. The van der Waals surface area contributed by atoms with E-state index in [1.807, 2.05) is 20.8 Å². The zero-order valence-corrected chi connectivity index (χ0v) is 9.62. The molecule has 0 aromatic heterocycles. The minimum absolute atomic E-state index is 0.0775. The van der Waals surface area contributed by atoms with Crippen LogP contribution in [0.25, 0.3) is 0 Å². The van der Waals surface area contributed by atoms with Gasteiger partial charge in [-0.25, -0.2) is 0 Å². The molecule has 2 N–H and O–H groups in total. The van der Waals surface area contributed by atoms with Gasteiger partial charge in [0.15, 0.2) is 0 Å². The van der Waals surface area contributed by atoms with E-state index in [0.717, 1.165) is 0 Å². The average molecular weight is 202 g/mol. The molecule has 0 saturated heterocycles. The number of carbonyl (C=O) groups is 1. The van der Waals surface area contributed by atoms with Crippen LogP contribution in [-0.2, 0) is 9.53 Å². The molecule has 0 spiro atoms. The van der Waals surface area contributed by atoms with Gasteiger partial charge >= 0.3 is 0 Å².